The lowest BCUT2D eigenvalue weighted by Crippen LogP contribution is -2.30. The summed E-state index contributed by atoms with van der Waals surface area (Å²) in [6, 6.07) is 44.9. The van der Waals surface area contributed by atoms with Gasteiger partial charge >= 0.3 is 5.97 Å². The number of aliphatic hydroxyl groups is 1. The molecular weight excluding hydrogens is 701 g/mol. The molecule has 0 spiro atoms. The maximum absolute atomic E-state index is 13.6. The van der Waals surface area contributed by atoms with E-state index in [4.69, 9.17) is 15.2 Å². The van der Waals surface area contributed by atoms with Gasteiger partial charge in [-0.25, -0.2) is 13.2 Å². The molecule has 0 aliphatic rings. The second kappa shape index (κ2) is 17.7. The predicted molar refractivity (Wildman–Crippen MR) is 208 cm³/mol. The molecular formula is C44H42N2O7S. The lowest BCUT2D eigenvalue weighted by atomic mass is 10.1. The van der Waals surface area contributed by atoms with Gasteiger partial charge in [0.15, 0.2) is 0 Å². The van der Waals surface area contributed by atoms with Gasteiger partial charge in [-0.1, -0.05) is 109 Å². The van der Waals surface area contributed by atoms with Crippen molar-refractivity contribution in [1.82, 2.24) is 4.90 Å². The normalized spacial score (nSPS) is 12.0. The van der Waals surface area contributed by atoms with E-state index >= 15 is 0 Å². The fraction of sp³-hybridized carbons (Fsp3) is 0.159. The van der Waals surface area contributed by atoms with E-state index in [1.54, 1.807) is 24.3 Å². The lowest BCUT2D eigenvalue weighted by molar-refractivity contribution is 0.0691. The Morgan fingerprint density at radius 3 is 1.76 bits per heavy atom. The number of nitrogen functional groups attached to an aromatic ring is 1. The molecule has 54 heavy (non-hydrogen) atoms. The summed E-state index contributed by atoms with van der Waals surface area (Å²) in [5.74, 6) is -0.656. The summed E-state index contributed by atoms with van der Waals surface area (Å²) in [4.78, 5) is 14.1. The number of carboxylic acid groups (broad SMARTS) is 1. The number of carboxylic acids is 1. The molecule has 0 saturated heterocycles. The number of benzene rings is 6. The number of ether oxygens (including phenoxy) is 2. The fourth-order valence-electron chi connectivity index (χ4n) is 6.03. The van der Waals surface area contributed by atoms with E-state index in [9.17, 15) is 23.4 Å². The van der Waals surface area contributed by atoms with Crippen LogP contribution in [0.3, 0.4) is 0 Å². The van der Waals surface area contributed by atoms with Gasteiger partial charge in [-0.05, 0) is 76.7 Å². The topological polar surface area (TPSA) is 139 Å². The van der Waals surface area contributed by atoms with Crippen molar-refractivity contribution in [3.05, 3.63) is 185 Å². The number of nitrogens with two attached hydrogens (primary N) is 1. The number of nitrogens with zero attached hydrogens (tertiary/aromatic N) is 1. The molecule has 10 heteroatoms. The molecule has 0 bridgehead atoms. The number of aromatic carboxylic acids is 1. The number of carbonyl (C=O) groups is 1. The number of hydrogen-bond donors (Lipinski definition) is 3. The average Bonchev–Trinajstić information content (AvgIpc) is 3.20. The largest absolute Gasteiger partial charge is 0.488 e. The van der Waals surface area contributed by atoms with E-state index in [0.717, 1.165) is 28.3 Å². The van der Waals surface area contributed by atoms with Crippen molar-refractivity contribution in [1.29, 1.82) is 0 Å². The van der Waals surface area contributed by atoms with E-state index in [1.165, 1.54) is 24.3 Å². The highest BCUT2D eigenvalue weighted by atomic mass is 32.2. The minimum absolute atomic E-state index is 0.0471. The van der Waals surface area contributed by atoms with Gasteiger partial charge in [0.2, 0.25) is 9.84 Å². The third-order valence-corrected chi connectivity index (χ3v) is 10.8. The third kappa shape index (κ3) is 9.93. The average molecular weight is 743 g/mol. The number of rotatable bonds is 17. The summed E-state index contributed by atoms with van der Waals surface area (Å²) in [7, 11) is -4.02. The van der Waals surface area contributed by atoms with Crippen molar-refractivity contribution in [2.75, 3.05) is 18.8 Å². The van der Waals surface area contributed by atoms with Gasteiger partial charge in [0.1, 0.15) is 30.3 Å². The van der Waals surface area contributed by atoms with Crippen LogP contribution in [0, 0.1) is 0 Å². The molecule has 0 aromatic heterocycles. The SMILES string of the molecule is Nc1cc([C@@H](O)CN(CCc2ccc(S(=O)(=O)c3ccc(OCc4ccccc4)c(C(=O)O)c3)cc2)Cc2ccccc2)ccc1OCc1ccccc1. The summed E-state index contributed by atoms with van der Waals surface area (Å²) in [5.41, 5.74) is 11.1. The van der Waals surface area contributed by atoms with Crippen LogP contribution >= 0.6 is 0 Å². The first-order valence-electron chi connectivity index (χ1n) is 17.5. The summed E-state index contributed by atoms with van der Waals surface area (Å²) < 4.78 is 38.8. The number of aliphatic hydroxyl groups excluding tert-OH is 1. The Balaban J connectivity index is 1.11. The second-order valence-corrected chi connectivity index (χ2v) is 14.9. The van der Waals surface area contributed by atoms with E-state index < -0.39 is 21.9 Å². The van der Waals surface area contributed by atoms with Crippen LogP contribution < -0.4 is 15.2 Å². The van der Waals surface area contributed by atoms with Crippen LogP contribution in [0.2, 0.25) is 0 Å². The molecule has 276 valence electrons. The molecule has 0 unspecified atom stereocenters. The quantitative estimate of drug-likeness (QED) is 0.0801. The Morgan fingerprint density at radius 2 is 1.19 bits per heavy atom. The number of sulfone groups is 1. The molecule has 0 aliphatic carbocycles. The van der Waals surface area contributed by atoms with Crippen LogP contribution in [0.4, 0.5) is 5.69 Å². The van der Waals surface area contributed by atoms with Crippen LogP contribution in [-0.4, -0.2) is 42.6 Å². The first kappa shape index (κ1) is 37.8. The number of anilines is 1. The maximum atomic E-state index is 13.6. The van der Waals surface area contributed by atoms with Gasteiger partial charge < -0.3 is 25.4 Å². The van der Waals surface area contributed by atoms with Crippen molar-refractivity contribution in [3.8, 4) is 11.5 Å². The van der Waals surface area contributed by atoms with E-state index in [2.05, 4.69) is 4.90 Å². The van der Waals surface area contributed by atoms with Gasteiger partial charge in [0, 0.05) is 19.6 Å². The summed E-state index contributed by atoms with van der Waals surface area (Å²) in [5, 5.41) is 21.2. The monoisotopic (exact) mass is 742 g/mol. The van der Waals surface area contributed by atoms with Crippen molar-refractivity contribution in [3.63, 3.8) is 0 Å². The van der Waals surface area contributed by atoms with Gasteiger partial charge in [0.05, 0.1) is 21.6 Å². The Labute approximate surface area is 315 Å². The van der Waals surface area contributed by atoms with Gasteiger partial charge in [-0.3, -0.25) is 4.90 Å². The van der Waals surface area contributed by atoms with Crippen LogP contribution in [-0.2, 0) is 36.0 Å². The highest BCUT2D eigenvalue weighted by molar-refractivity contribution is 7.91. The standard InChI is InChI=1S/C44H42N2O7S/c45-40-26-36(18-22-43(40)53-31-35-14-8-3-9-15-35)41(47)29-46(28-33-10-4-1-5-11-33)25-24-32-16-19-37(20-17-32)54(50,51)38-21-23-42(39(27-38)44(48)49)52-30-34-12-6-2-7-13-34/h1-23,26-27,41,47H,24-25,28-31,45H2,(H,48,49)/t41-/m0/s1. The first-order valence-corrected chi connectivity index (χ1v) is 19.0. The van der Waals surface area contributed by atoms with E-state index in [-0.39, 0.29) is 27.7 Å². The Kier molecular flexibility index (Phi) is 12.4. The molecule has 6 aromatic rings. The summed E-state index contributed by atoms with van der Waals surface area (Å²) in [6.07, 6.45) is -0.234. The Bertz CT molecular complexity index is 2250. The molecule has 4 N–H and O–H groups in total. The smallest absolute Gasteiger partial charge is 0.339 e. The van der Waals surface area contributed by atoms with Crippen LogP contribution in [0.5, 0.6) is 11.5 Å². The molecule has 0 fully saturated rings. The molecule has 1 atom stereocenters. The zero-order valence-electron chi connectivity index (χ0n) is 29.6. The van der Waals surface area contributed by atoms with Crippen LogP contribution in [0.1, 0.15) is 44.3 Å². The Hall–Kier alpha value is -5.94. The molecule has 6 aromatic carbocycles. The molecule has 9 nitrogen and oxygen atoms in total. The lowest BCUT2D eigenvalue weighted by Gasteiger charge is -2.26. The minimum Gasteiger partial charge on any atom is -0.488 e. The highest BCUT2D eigenvalue weighted by Crippen LogP contribution is 2.29. The third-order valence-electron chi connectivity index (χ3n) is 9.02. The fourth-order valence-corrected chi connectivity index (χ4v) is 7.32. The molecule has 0 amide bonds. The van der Waals surface area contributed by atoms with Crippen molar-refractivity contribution < 1.29 is 32.9 Å². The zero-order chi connectivity index (χ0) is 37.9. The molecule has 6 rings (SSSR count). The Morgan fingerprint density at radius 1 is 0.648 bits per heavy atom. The second-order valence-electron chi connectivity index (χ2n) is 12.9. The molecule has 0 saturated carbocycles. The summed E-state index contributed by atoms with van der Waals surface area (Å²) >= 11 is 0. The van der Waals surface area contributed by atoms with E-state index in [0.29, 0.717) is 49.7 Å². The summed E-state index contributed by atoms with van der Waals surface area (Å²) in [6.45, 7) is 2.03. The van der Waals surface area contributed by atoms with Gasteiger partial charge in [-0.15, -0.1) is 0 Å². The van der Waals surface area contributed by atoms with Gasteiger partial charge in [0.25, 0.3) is 0 Å². The maximum Gasteiger partial charge on any atom is 0.339 e. The molecule has 0 radical (unpaired) electrons. The van der Waals surface area contributed by atoms with Crippen LogP contribution in [0.15, 0.2) is 161 Å². The first-order chi connectivity index (χ1) is 26.2. The minimum atomic E-state index is -4.02. The molecule has 0 heterocycles. The highest BCUT2D eigenvalue weighted by Gasteiger charge is 2.22. The molecule has 0 aliphatic heterocycles. The van der Waals surface area contributed by atoms with Gasteiger partial charge in [-0.2, -0.15) is 0 Å². The van der Waals surface area contributed by atoms with Crippen LogP contribution in [0.25, 0.3) is 0 Å². The van der Waals surface area contributed by atoms with Crippen molar-refractivity contribution >= 4 is 21.5 Å². The predicted octanol–water partition coefficient (Wildman–Crippen LogP) is 7.74. The van der Waals surface area contributed by atoms with Crippen molar-refractivity contribution in [2.45, 2.75) is 42.1 Å². The van der Waals surface area contributed by atoms with E-state index in [1.807, 2.05) is 97.1 Å². The number of hydrogen-bond acceptors (Lipinski definition) is 8. The van der Waals surface area contributed by atoms with Crippen molar-refractivity contribution in [2.24, 2.45) is 0 Å². The zero-order valence-corrected chi connectivity index (χ0v) is 30.4.